The molecule has 0 unspecified atom stereocenters. The first kappa shape index (κ1) is 11.8. The van der Waals surface area contributed by atoms with Crippen molar-refractivity contribution in [1.82, 2.24) is 4.98 Å². The molecule has 0 bridgehead atoms. The van der Waals surface area contributed by atoms with E-state index in [0.29, 0.717) is 5.39 Å². The maximum atomic E-state index is 11.0. The number of carbonyl (C=O) groups excluding carboxylic acids is 1. The second-order valence-corrected chi connectivity index (χ2v) is 3.97. The molecule has 0 aliphatic carbocycles. The lowest BCUT2D eigenvalue weighted by atomic mass is 10.2. The third-order valence-electron chi connectivity index (χ3n) is 2.16. The summed E-state index contributed by atoms with van der Waals surface area (Å²) < 4.78 is 0. The number of fused-ring (bicyclic) bond motifs is 1. The summed E-state index contributed by atoms with van der Waals surface area (Å²) in [7, 11) is 0. The Labute approximate surface area is 105 Å². The van der Waals surface area contributed by atoms with Gasteiger partial charge in [-0.3, -0.25) is 14.9 Å². The Morgan fingerprint density at radius 3 is 2.65 bits per heavy atom. The Kier molecular flexibility index (Phi) is 2.95. The maximum absolute atomic E-state index is 11.0. The summed E-state index contributed by atoms with van der Waals surface area (Å²) in [6.45, 7) is 0. The van der Waals surface area contributed by atoms with Crippen LogP contribution in [0.3, 0.4) is 0 Å². The fraction of sp³-hybridized carbons (Fsp3) is 0. The average molecular weight is 271 g/mol. The van der Waals surface area contributed by atoms with Gasteiger partial charge in [-0.25, -0.2) is 4.98 Å². The van der Waals surface area contributed by atoms with Crippen molar-refractivity contribution >= 4 is 45.0 Å². The highest BCUT2D eigenvalue weighted by molar-refractivity contribution is 6.67. The molecule has 0 fully saturated rings. The summed E-state index contributed by atoms with van der Waals surface area (Å²) in [5.41, 5.74) is 0.0978. The molecule has 0 saturated heterocycles. The molecule has 0 amide bonds. The Morgan fingerprint density at radius 2 is 2.06 bits per heavy atom. The van der Waals surface area contributed by atoms with Gasteiger partial charge in [-0.15, -0.1) is 0 Å². The van der Waals surface area contributed by atoms with Crippen LogP contribution >= 0.6 is 23.2 Å². The number of aromatic nitrogens is 1. The van der Waals surface area contributed by atoms with Gasteiger partial charge in [-0.05, 0) is 23.7 Å². The van der Waals surface area contributed by atoms with Crippen LogP contribution in [0.25, 0.3) is 10.9 Å². The number of pyridine rings is 1. The molecule has 2 rings (SSSR count). The first-order valence-electron chi connectivity index (χ1n) is 4.43. The maximum Gasteiger partial charge on any atom is 0.271 e. The molecule has 0 aliphatic rings. The van der Waals surface area contributed by atoms with Gasteiger partial charge in [0.2, 0.25) is 0 Å². The number of carbonyl (C=O) groups is 1. The topological polar surface area (TPSA) is 73.1 Å². The van der Waals surface area contributed by atoms with Crippen molar-refractivity contribution in [2.45, 2.75) is 0 Å². The fourth-order valence-electron chi connectivity index (χ4n) is 1.39. The van der Waals surface area contributed by atoms with Crippen molar-refractivity contribution in [3.8, 4) is 0 Å². The highest BCUT2D eigenvalue weighted by Gasteiger charge is 2.12. The summed E-state index contributed by atoms with van der Waals surface area (Å²) in [5.74, 6) is 0. The number of benzene rings is 1. The summed E-state index contributed by atoms with van der Waals surface area (Å²) in [4.78, 5) is 24.9. The molecular formula is C10H4Cl2N2O3. The van der Waals surface area contributed by atoms with Crippen LogP contribution in [-0.2, 0) is 0 Å². The van der Waals surface area contributed by atoms with E-state index in [2.05, 4.69) is 4.98 Å². The van der Waals surface area contributed by atoms with E-state index in [-0.39, 0.29) is 21.9 Å². The summed E-state index contributed by atoms with van der Waals surface area (Å²) in [6, 6.07) is 5.36. The number of hydrogen-bond donors (Lipinski definition) is 0. The Bertz CT molecular complexity index is 637. The van der Waals surface area contributed by atoms with Gasteiger partial charge in [0.25, 0.3) is 10.9 Å². The Morgan fingerprint density at radius 1 is 1.35 bits per heavy atom. The van der Waals surface area contributed by atoms with Crippen LogP contribution in [0.15, 0.2) is 24.3 Å². The highest BCUT2D eigenvalue weighted by Crippen LogP contribution is 2.26. The number of nitrogens with zero attached hydrogens (tertiary/aromatic N) is 2. The molecule has 5 nitrogen and oxygen atoms in total. The van der Waals surface area contributed by atoms with Crippen LogP contribution in [0.2, 0.25) is 5.02 Å². The van der Waals surface area contributed by atoms with Crippen molar-refractivity contribution < 1.29 is 9.72 Å². The molecule has 86 valence electrons. The van der Waals surface area contributed by atoms with Gasteiger partial charge in [0.1, 0.15) is 5.69 Å². The zero-order chi connectivity index (χ0) is 12.6. The van der Waals surface area contributed by atoms with E-state index >= 15 is 0 Å². The largest absolute Gasteiger partial charge is 0.274 e. The molecule has 0 radical (unpaired) electrons. The Hall–Kier alpha value is -1.72. The van der Waals surface area contributed by atoms with E-state index in [1.165, 1.54) is 24.3 Å². The molecule has 2 aromatic rings. The standard InChI is InChI=1S/C10H4Cl2N2O3/c11-7-4-9(10(12)15)13-8-3-5(14(16)17)1-2-6(7)8/h1-4H. The van der Waals surface area contributed by atoms with Gasteiger partial charge < -0.3 is 0 Å². The molecule has 0 saturated carbocycles. The van der Waals surface area contributed by atoms with Crippen LogP contribution < -0.4 is 0 Å². The second kappa shape index (κ2) is 4.27. The van der Waals surface area contributed by atoms with Gasteiger partial charge in [-0.2, -0.15) is 0 Å². The minimum atomic E-state index is -0.764. The van der Waals surface area contributed by atoms with Gasteiger partial charge in [0.05, 0.1) is 15.5 Å². The smallest absolute Gasteiger partial charge is 0.271 e. The monoisotopic (exact) mass is 270 g/mol. The average Bonchev–Trinajstić information content (AvgIpc) is 2.27. The fourth-order valence-corrected chi connectivity index (χ4v) is 1.75. The SMILES string of the molecule is O=C(Cl)c1cc(Cl)c2ccc([N+](=O)[O-])cc2n1. The number of rotatable bonds is 2. The number of hydrogen-bond acceptors (Lipinski definition) is 4. The van der Waals surface area contributed by atoms with E-state index in [4.69, 9.17) is 23.2 Å². The first-order valence-corrected chi connectivity index (χ1v) is 5.19. The molecule has 0 aliphatic heterocycles. The van der Waals surface area contributed by atoms with Gasteiger partial charge in [-0.1, -0.05) is 11.6 Å². The minimum absolute atomic E-state index is 0.0373. The van der Waals surface area contributed by atoms with Gasteiger partial charge in [0.15, 0.2) is 0 Å². The molecule has 0 N–H and O–H groups in total. The molecule has 0 atom stereocenters. The third kappa shape index (κ3) is 2.20. The van der Waals surface area contributed by atoms with Crippen LogP contribution in [0.4, 0.5) is 5.69 Å². The molecule has 1 aromatic carbocycles. The van der Waals surface area contributed by atoms with E-state index in [1.807, 2.05) is 0 Å². The van der Waals surface area contributed by atoms with E-state index in [1.54, 1.807) is 0 Å². The van der Waals surface area contributed by atoms with Crippen molar-refractivity contribution in [2.24, 2.45) is 0 Å². The van der Waals surface area contributed by atoms with Crippen molar-refractivity contribution in [3.05, 3.63) is 45.1 Å². The lowest BCUT2D eigenvalue weighted by Crippen LogP contribution is -1.96. The first-order chi connectivity index (χ1) is 7.99. The molecule has 0 spiro atoms. The van der Waals surface area contributed by atoms with Crippen LogP contribution in [0.1, 0.15) is 10.5 Å². The van der Waals surface area contributed by atoms with Gasteiger partial charge in [0, 0.05) is 17.5 Å². The lowest BCUT2D eigenvalue weighted by Gasteiger charge is -2.02. The van der Waals surface area contributed by atoms with Crippen LogP contribution in [-0.4, -0.2) is 15.1 Å². The molecular weight excluding hydrogens is 267 g/mol. The van der Waals surface area contributed by atoms with E-state index in [9.17, 15) is 14.9 Å². The lowest BCUT2D eigenvalue weighted by molar-refractivity contribution is -0.384. The quantitative estimate of drug-likeness (QED) is 0.477. The van der Waals surface area contributed by atoms with Crippen molar-refractivity contribution in [1.29, 1.82) is 0 Å². The third-order valence-corrected chi connectivity index (χ3v) is 2.66. The predicted octanol–water partition coefficient (Wildman–Crippen LogP) is 3.18. The van der Waals surface area contributed by atoms with E-state index < -0.39 is 10.2 Å². The summed E-state index contributed by atoms with van der Waals surface area (Å²) in [5, 5.41) is 10.6. The van der Waals surface area contributed by atoms with Crippen molar-refractivity contribution in [3.63, 3.8) is 0 Å². The van der Waals surface area contributed by atoms with E-state index in [0.717, 1.165) is 0 Å². The normalized spacial score (nSPS) is 10.5. The predicted molar refractivity (Wildman–Crippen MR) is 63.6 cm³/mol. The summed E-state index contributed by atoms with van der Waals surface area (Å²) >= 11 is 11.2. The molecule has 1 heterocycles. The number of nitro benzene ring substituents is 1. The van der Waals surface area contributed by atoms with Crippen LogP contribution in [0.5, 0.6) is 0 Å². The second-order valence-electron chi connectivity index (χ2n) is 3.22. The number of non-ortho nitro benzene ring substituents is 1. The van der Waals surface area contributed by atoms with Crippen molar-refractivity contribution in [2.75, 3.05) is 0 Å². The molecule has 17 heavy (non-hydrogen) atoms. The molecule has 7 heteroatoms. The number of halogens is 2. The zero-order valence-electron chi connectivity index (χ0n) is 8.18. The highest BCUT2D eigenvalue weighted by atomic mass is 35.5. The van der Waals surface area contributed by atoms with Gasteiger partial charge >= 0.3 is 0 Å². The molecule has 1 aromatic heterocycles. The summed E-state index contributed by atoms with van der Waals surface area (Å²) in [6.07, 6.45) is 0. The zero-order valence-corrected chi connectivity index (χ0v) is 9.70. The van der Waals surface area contributed by atoms with Crippen LogP contribution in [0, 0.1) is 10.1 Å². The number of nitro groups is 1. The minimum Gasteiger partial charge on any atom is -0.274 e. The Balaban J connectivity index is 2.74.